The molecule has 2 aromatic rings. The first-order chi connectivity index (χ1) is 7.75. The molecular weight excluding hydrogens is 244 g/mol. The third kappa shape index (κ3) is 2.81. The monoisotopic (exact) mass is 250 g/mol. The van der Waals surface area contributed by atoms with Crippen molar-refractivity contribution in [2.75, 3.05) is 0 Å². The predicted molar refractivity (Wildman–Crippen MR) is 63.7 cm³/mol. The van der Waals surface area contributed by atoms with Gasteiger partial charge in [0.15, 0.2) is 0 Å². The fourth-order valence-corrected chi connectivity index (χ4v) is 1.96. The molecule has 3 nitrogen and oxygen atoms in total. The van der Waals surface area contributed by atoms with Crippen molar-refractivity contribution in [2.24, 2.45) is 0 Å². The lowest BCUT2D eigenvalue weighted by atomic mass is 10.4. The number of rotatable bonds is 2. The van der Waals surface area contributed by atoms with Gasteiger partial charge < -0.3 is 0 Å². The number of nitrogens with zero attached hydrogens (tertiary/aromatic N) is 2. The maximum atomic E-state index is 11.8. The number of carbonyl (C=O) groups is 1. The van der Waals surface area contributed by atoms with E-state index in [-0.39, 0.29) is 10.3 Å². The number of carbonyl (C=O) groups excluding carboxylic acids is 1. The lowest BCUT2D eigenvalue weighted by Gasteiger charge is -1.99. The summed E-state index contributed by atoms with van der Waals surface area (Å²) >= 11 is 6.80. The molecule has 0 atom stereocenters. The molecule has 0 aliphatic heterocycles. The Morgan fingerprint density at radius 1 is 1.19 bits per heavy atom. The van der Waals surface area contributed by atoms with Crippen LogP contribution in [0.25, 0.3) is 0 Å². The summed E-state index contributed by atoms with van der Waals surface area (Å²) in [5.74, 6) is 0. The van der Waals surface area contributed by atoms with E-state index in [0.29, 0.717) is 5.69 Å². The number of aromatic nitrogens is 2. The van der Waals surface area contributed by atoms with E-state index in [4.69, 9.17) is 11.6 Å². The van der Waals surface area contributed by atoms with Gasteiger partial charge in [-0.25, -0.2) is 9.97 Å². The van der Waals surface area contributed by atoms with E-state index in [1.54, 1.807) is 0 Å². The van der Waals surface area contributed by atoms with Crippen LogP contribution in [0.5, 0.6) is 0 Å². The van der Waals surface area contributed by atoms with Crippen molar-refractivity contribution in [1.29, 1.82) is 0 Å². The molecule has 5 heteroatoms. The van der Waals surface area contributed by atoms with Gasteiger partial charge in [0.1, 0.15) is 17.2 Å². The van der Waals surface area contributed by atoms with E-state index < -0.39 is 0 Å². The molecule has 0 saturated carbocycles. The van der Waals surface area contributed by atoms with Crippen LogP contribution in [0.4, 0.5) is 0 Å². The van der Waals surface area contributed by atoms with Crippen LogP contribution in [0.3, 0.4) is 0 Å². The van der Waals surface area contributed by atoms with Crippen molar-refractivity contribution in [3.05, 3.63) is 53.6 Å². The van der Waals surface area contributed by atoms with Crippen LogP contribution in [-0.2, 0) is 0 Å². The summed E-state index contributed by atoms with van der Waals surface area (Å²) < 4.78 is 0. The van der Waals surface area contributed by atoms with E-state index in [1.165, 1.54) is 12.4 Å². The van der Waals surface area contributed by atoms with Gasteiger partial charge in [-0.1, -0.05) is 29.8 Å². The maximum absolute atomic E-state index is 11.8. The van der Waals surface area contributed by atoms with E-state index in [1.807, 2.05) is 30.3 Å². The Hall–Kier alpha value is -1.39. The average Bonchev–Trinajstić information content (AvgIpc) is 2.30. The normalized spacial score (nSPS) is 10.1. The summed E-state index contributed by atoms with van der Waals surface area (Å²) in [4.78, 5) is 20.2. The Balaban J connectivity index is 2.15. The lowest BCUT2D eigenvalue weighted by molar-refractivity contribution is 0.108. The van der Waals surface area contributed by atoms with Gasteiger partial charge in [-0.2, -0.15) is 0 Å². The van der Waals surface area contributed by atoms with Gasteiger partial charge >= 0.3 is 0 Å². The summed E-state index contributed by atoms with van der Waals surface area (Å²) in [6.07, 6.45) is 1.28. The van der Waals surface area contributed by atoms with Crippen LogP contribution in [-0.4, -0.2) is 15.1 Å². The smallest absolute Gasteiger partial charge is 0.242 e. The summed E-state index contributed by atoms with van der Waals surface area (Å²) in [5, 5.41) is 0.127. The summed E-state index contributed by atoms with van der Waals surface area (Å²) in [6.45, 7) is 0. The van der Waals surface area contributed by atoms with Gasteiger partial charge in [0.05, 0.1) is 0 Å². The molecule has 0 fully saturated rings. The molecule has 0 N–H and O–H groups in total. The van der Waals surface area contributed by atoms with E-state index >= 15 is 0 Å². The minimum absolute atomic E-state index is 0.143. The molecule has 0 aliphatic rings. The third-order valence-corrected chi connectivity index (χ3v) is 2.91. The summed E-state index contributed by atoms with van der Waals surface area (Å²) in [7, 11) is 0. The molecule has 1 heterocycles. The van der Waals surface area contributed by atoms with Crippen molar-refractivity contribution in [3.8, 4) is 0 Å². The number of halogens is 1. The molecule has 0 spiro atoms. The van der Waals surface area contributed by atoms with Crippen molar-refractivity contribution in [1.82, 2.24) is 9.97 Å². The second kappa shape index (κ2) is 5.09. The maximum Gasteiger partial charge on any atom is 0.242 e. The highest BCUT2D eigenvalue weighted by Crippen LogP contribution is 2.21. The van der Waals surface area contributed by atoms with Crippen LogP contribution in [0.2, 0.25) is 5.15 Å². The predicted octanol–water partition coefficient (Wildman–Crippen LogP) is 3.06. The van der Waals surface area contributed by atoms with Crippen LogP contribution in [0.15, 0.2) is 47.6 Å². The van der Waals surface area contributed by atoms with Gasteiger partial charge in [0, 0.05) is 11.0 Å². The van der Waals surface area contributed by atoms with E-state index in [0.717, 1.165) is 16.7 Å². The first-order valence-electron chi connectivity index (χ1n) is 4.50. The molecular formula is C11H7ClN2OS. The molecule has 1 aromatic heterocycles. The highest BCUT2D eigenvalue weighted by Gasteiger charge is 2.09. The molecule has 16 heavy (non-hydrogen) atoms. The molecule has 80 valence electrons. The number of thioether (sulfide) groups is 1. The van der Waals surface area contributed by atoms with Gasteiger partial charge in [0.2, 0.25) is 5.12 Å². The molecule has 1 aromatic carbocycles. The summed E-state index contributed by atoms with van der Waals surface area (Å²) in [5.41, 5.74) is 0.314. The zero-order valence-electron chi connectivity index (χ0n) is 8.13. The largest absolute Gasteiger partial charge is 0.279 e. The number of hydrogen-bond donors (Lipinski definition) is 0. The van der Waals surface area contributed by atoms with Crippen molar-refractivity contribution < 1.29 is 4.79 Å². The van der Waals surface area contributed by atoms with Crippen LogP contribution >= 0.6 is 23.4 Å². The van der Waals surface area contributed by atoms with Crippen LogP contribution in [0.1, 0.15) is 10.5 Å². The Morgan fingerprint density at radius 2 is 1.94 bits per heavy atom. The molecule has 0 bridgehead atoms. The molecule has 0 unspecified atom stereocenters. The SMILES string of the molecule is O=C(Sc1ccccc1)c1cc(Cl)ncn1. The van der Waals surface area contributed by atoms with Crippen molar-refractivity contribution >= 4 is 28.5 Å². The minimum Gasteiger partial charge on any atom is -0.279 e. The quantitative estimate of drug-likeness (QED) is 0.607. The van der Waals surface area contributed by atoms with Crippen molar-refractivity contribution in [3.63, 3.8) is 0 Å². The first-order valence-corrected chi connectivity index (χ1v) is 5.70. The third-order valence-electron chi connectivity index (χ3n) is 1.80. The lowest BCUT2D eigenvalue weighted by Crippen LogP contribution is -1.97. The van der Waals surface area contributed by atoms with Gasteiger partial charge in [-0.15, -0.1) is 0 Å². The number of benzene rings is 1. The topological polar surface area (TPSA) is 42.9 Å². The zero-order chi connectivity index (χ0) is 11.4. The zero-order valence-corrected chi connectivity index (χ0v) is 9.70. The Labute approximate surface area is 102 Å². The molecule has 0 amide bonds. The van der Waals surface area contributed by atoms with Gasteiger partial charge in [-0.3, -0.25) is 4.79 Å². The van der Waals surface area contributed by atoms with Crippen LogP contribution < -0.4 is 0 Å². The highest BCUT2D eigenvalue weighted by molar-refractivity contribution is 8.14. The van der Waals surface area contributed by atoms with Gasteiger partial charge in [-0.05, 0) is 23.9 Å². The van der Waals surface area contributed by atoms with E-state index in [9.17, 15) is 4.79 Å². The van der Waals surface area contributed by atoms with Gasteiger partial charge in [0.25, 0.3) is 0 Å². The minimum atomic E-state index is -0.143. The fraction of sp³-hybridized carbons (Fsp3) is 0. The molecule has 2 rings (SSSR count). The first kappa shape index (κ1) is 11.1. The number of hydrogen-bond acceptors (Lipinski definition) is 4. The van der Waals surface area contributed by atoms with Crippen LogP contribution in [0, 0.1) is 0 Å². The Morgan fingerprint density at radius 3 is 2.62 bits per heavy atom. The second-order valence-electron chi connectivity index (χ2n) is 2.93. The summed E-state index contributed by atoms with van der Waals surface area (Å²) in [6, 6.07) is 10.8. The molecule has 0 saturated heterocycles. The highest BCUT2D eigenvalue weighted by atomic mass is 35.5. The van der Waals surface area contributed by atoms with E-state index in [2.05, 4.69) is 9.97 Å². The Kier molecular flexibility index (Phi) is 3.54. The second-order valence-corrected chi connectivity index (χ2v) is 4.36. The molecule has 0 aliphatic carbocycles. The Bertz CT molecular complexity index is 504. The average molecular weight is 251 g/mol. The fourth-order valence-electron chi connectivity index (χ4n) is 1.09. The standard InChI is InChI=1S/C11H7ClN2OS/c12-10-6-9(13-7-14-10)11(15)16-8-4-2-1-3-5-8/h1-7H. The van der Waals surface area contributed by atoms with Crippen molar-refractivity contribution in [2.45, 2.75) is 4.90 Å². The molecule has 0 radical (unpaired) electrons.